The van der Waals surface area contributed by atoms with Crippen LogP contribution in [-0.4, -0.2) is 58.5 Å². The largest absolute Gasteiger partial charge is 0.496 e. The zero-order valence-corrected chi connectivity index (χ0v) is 18.6. The molecule has 0 unspecified atom stereocenters. The van der Waals surface area contributed by atoms with Gasteiger partial charge in [-0.1, -0.05) is 0 Å². The van der Waals surface area contributed by atoms with Gasteiger partial charge in [0.15, 0.2) is 0 Å². The van der Waals surface area contributed by atoms with Gasteiger partial charge in [-0.2, -0.15) is 0 Å². The van der Waals surface area contributed by atoms with Gasteiger partial charge in [-0.25, -0.2) is 0 Å². The summed E-state index contributed by atoms with van der Waals surface area (Å²) in [6.07, 6.45) is 2.19. The Balaban J connectivity index is 0.00000169. The van der Waals surface area contributed by atoms with Gasteiger partial charge < -0.3 is 19.5 Å². The quantitative estimate of drug-likeness (QED) is 0.709. The van der Waals surface area contributed by atoms with Gasteiger partial charge in [0.25, 0.3) is 0 Å². The van der Waals surface area contributed by atoms with Gasteiger partial charge in [0.2, 0.25) is 0 Å². The van der Waals surface area contributed by atoms with E-state index in [9.17, 15) is 0 Å². The van der Waals surface area contributed by atoms with E-state index in [1.807, 2.05) is 6.07 Å². The van der Waals surface area contributed by atoms with Crippen LogP contribution in [0.5, 0.6) is 11.5 Å². The zero-order chi connectivity index (χ0) is 16.9. The molecule has 0 aliphatic carbocycles. The Kier molecular flexibility index (Phi) is 10.6. The van der Waals surface area contributed by atoms with Gasteiger partial charge in [-0.3, -0.25) is 4.90 Å². The van der Waals surface area contributed by atoms with E-state index in [1.165, 1.54) is 5.56 Å². The fourth-order valence-corrected chi connectivity index (χ4v) is 4.34. The van der Waals surface area contributed by atoms with Gasteiger partial charge in [-0.15, -0.1) is 24.8 Å². The maximum Gasteiger partial charge on any atom is 0.133 e. The third kappa shape index (κ3) is 5.40. The van der Waals surface area contributed by atoms with Gasteiger partial charge in [0.1, 0.15) is 11.5 Å². The molecule has 2 saturated heterocycles. The maximum absolute atomic E-state index is 5.73. The van der Waals surface area contributed by atoms with Crippen molar-refractivity contribution in [3.05, 3.63) is 22.2 Å². The van der Waals surface area contributed by atoms with Gasteiger partial charge in [-0.05, 0) is 46.8 Å². The SMILES string of the molecule is COc1cc([C@H](C2CCOCC2)N2CCNCC2)c(OC)cc1Br.Cl.Cl. The van der Waals surface area contributed by atoms with Crippen LogP contribution in [0.25, 0.3) is 0 Å². The summed E-state index contributed by atoms with van der Waals surface area (Å²) >= 11 is 3.57. The Morgan fingerprint density at radius 3 is 2.27 bits per heavy atom. The van der Waals surface area contributed by atoms with Crippen LogP contribution >= 0.6 is 40.7 Å². The number of nitrogens with one attached hydrogen (secondary N) is 1. The minimum atomic E-state index is 0. The third-order valence-electron chi connectivity index (χ3n) is 5.08. The van der Waals surface area contributed by atoms with Crippen molar-refractivity contribution >= 4 is 40.7 Å². The molecule has 5 nitrogen and oxygen atoms in total. The van der Waals surface area contributed by atoms with Gasteiger partial charge >= 0.3 is 0 Å². The Bertz CT molecular complexity index is 535. The zero-order valence-electron chi connectivity index (χ0n) is 15.3. The third-order valence-corrected chi connectivity index (χ3v) is 5.70. The lowest BCUT2D eigenvalue weighted by atomic mass is 9.85. The molecule has 3 rings (SSSR count). The predicted octanol–water partition coefficient (Wildman–Crippen LogP) is 3.68. The molecular formula is C18H29BrCl2N2O3. The molecular weight excluding hydrogens is 443 g/mol. The second-order valence-electron chi connectivity index (χ2n) is 6.41. The highest BCUT2D eigenvalue weighted by Crippen LogP contribution is 2.43. The van der Waals surface area contributed by atoms with Gasteiger partial charge in [0.05, 0.1) is 18.7 Å². The molecule has 1 atom stereocenters. The maximum atomic E-state index is 5.73. The summed E-state index contributed by atoms with van der Waals surface area (Å²) < 4.78 is 17.8. The first-order valence-electron chi connectivity index (χ1n) is 8.68. The topological polar surface area (TPSA) is 43.0 Å². The number of rotatable bonds is 5. The van der Waals surface area contributed by atoms with Crippen molar-refractivity contribution in [1.82, 2.24) is 10.2 Å². The van der Waals surface area contributed by atoms with Crippen molar-refractivity contribution in [3.8, 4) is 11.5 Å². The second kappa shape index (κ2) is 11.6. The average molecular weight is 472 g/mol. The summed E-state index contributed by atoms with van der Waals surface area (Å²) in [4.78, 5) is 2.59. The highest BCUT2D eigenvalue weighted by Gasteiger charge is 2.33. The molecule has 0 spiro atoms. The number of ether oxygens (including phenoxy) is 3. The lowest BCUT2D eigenvalue weighted by Gasteiger charge is -2.41. The summed E-state index contributed by atoms with van der Waals surface area (Å²) in [6, 6.07) is 4.52. The van der Waals surface area contributed by atoms with Crippen LogP contribution in [0, 0.1) is 5.92 Å². The number of benzene rings is 1. The molecule has 150 valence electrons. The fraction of sp³-hybridized carbons (Fsp3) is 0.667. The smallest absolute Gasteiger partial charge is 0.133 e. The van der Waals surface area contributed by atoms with Crippen LogP contribution in [0.2, 0.25) is 0 Å². The number of nitrogens with zero attached hydrogens (tertiary/aromatic N) is 1. The molecule has 26 heavy (non-hydrogen) atoms. The Hall–Kier alpha value is -0.240. The van der Waals surface area contributed by atoms with Crippen molar-refractivity contribution < 1.29 is 14.2 Å². The van der Waals surface area contributed by atoms with Crippen LogP contribution in [0.4, 0.5) is 0 Å². The van der Waals surface area contributed by atoms with E-state index in [0.29, 0.717) is 12.0 Å². The van der Waals surface area contributed by atoms with Crippen molar-refractivity contribution in [2.75, 3.05) is 53.6 Å². The molecule has 0 aromatic heterocycles. The fourth-order valence-electron chi connectivity index (χ4n) is 3.86. The van der Waals surface area contributed by atoms with Crippen molar-refractivity contribution in [2.24, 2.45) is 5.92 Å². The van der Waals surface area contributed by atoms with E-state index < -0.39 is 0 Å². The lowest BCUT2D eigenvalue weighted by Crippen LogP contribution is -2.47. The standard InChI is InChI=1S/C18H27BrN2O3.2ClH/c1-22-16-12-15(19)17(23-2)11-14(16)18(13-3-9-24-10-4-13)21-7-5-20-6-8-21;;/h11-13,18,20H,3-10H2,1-2H3;2*1H/t18-;;/m0../s1. The van der Waals surface area contributed by atoms with Crippen LogP contribution in [-0.2, 0) is 4.74 Å². The van der Waals surface area contributed by atoms with Crippen molar-refractivity contribution in [3.63, 3.8) is 0 Å². The first kappa shape index (κ1) is 23.8. The molecule has 0 saturated carbocycles. The molecule has 1 aromatic rings. The summed E-state index contributed by atoms with van der Waals surface area (Å²) in [6.45, 7) is 5.89. The average Bonchev–Trinajstić information content (AvgIpc) is 2.64. The summed E-state index contributed by atoms with van der Waals surface area (Å²) in [5, 5.41) is 3.45. The van der Waals surface area contributed by atoms with Crippen LogP contribution in [0.3, 0.4) is 0 Å². The summed E-state index contributed by atoms with van der Waals surface area (Å²) in [5.41, 5.74) is 1.23. The molecule has 1 aromatic carbocycles. The molecule has 0 amide bonds. The molecule has 2 heterocycles. The van der Waals surface area contributed by atoms with E-state index >= 15 is 0 Å². The molecule has 0 bridgehead atoms. The second-order valence-corrected chi connectivity index (χ2v) is 7.26. The minimum Gasteiger partial charge on any atom is -0.496 e. The van der Waals surface area contributed by atoms with Crippen LogP contribution in [0.1, 0.15) is 24.4 Å². The van der Waals surface area contributed by atoms with E-state index in [4.69, 9.17) is 14.2 Å². The molecule has 2 aliphatic heterocycles. The highest BCUT2D eigenvalue weighted by atomic mass is 79.9. The Labute approximate surface area is 177 Å². The molecule has 8 heteroatoms. The Morgan fingerprint density at radius 2 is 1.69 bits per heavy atom. The predicted molar refractivity (Wildman–Crippen MR) is 112 cm³/mol. The van der Waals surface area contributed by atoms with Gasteiger partial charge in [0, 0.05) is 51.0 Å². The normalized spacial score (nSPS) is 19.8. The van der Waals surface area contributed by atoms with E-state index in [2.05, 4.69) is 32.2 Å². The number of halogens is 3. The minimum absolute atomic E-state index is 0. The lowest BCUT2D eigenvalue weighted by molar-refractivity contribution is 0.0206. The molecule has 1 N–H and O–H groups in total. The van der Waals surface area contributed by atoms with Crippen molar-refractivity contribution in [2.45, 2.75) is 18.9 Å². The molecule has 2 fully saturated rings. The molecule has 0 radical (unpaired) electrons. The first-order chi connectivity index (χ1) is 11.7. The highest BCUT2D eigenvalue weighted by molar-refractivity contribution is 9.10. The van der Waals surface area contributed by atoms with E-state index in [1.54, 1.807) is 14.2 Å². The van der Waals surface area contributed by atoms with Crippen LogP contribution < -0.4 is 14.8 Å². The summed E-state index contributed by atoms with van der Waals surface area (Å²) in [5.74, 6) is 2.37. The van der Waals surface area contributed by atoms with E-state index in [0.717, 1.165) is 68.2 Å². The summed E-state index contributed by atoms with van der Waals surface area (Å²) in [7, 11) is 3.46. The van der Waals surface area contributed by atoms with E-state index in [-0.39, 0.29) is 24.8 Å². The number of hydrogen-bond donors (Lipinski definition) is 1. The first-order valence-corrected chi connectivity index (χ1v) is 9.48. The number of hydrogen-bond acceptors (Lipinski definition) is 5. The molecule has 2 aliphatic rings. The number of methoxy groups -OCH3 is 2. The monoisotopic (exact) mass is 470 g/mol. The van der Waals surface area contributed by atoms with Crippen molar-refractivity contribution in [1.29, 1.82) is 0 Å². The van der Waals surface area contributed by atoms with Crippen LogP contribution in [0.15, 0.2) is 16.6 Å². The Morgan fingerprint density at radius 1 is 1.08 bits per heavy atom. The number of piperazine rings is 1.